The molecule has 0 aromatic rings. The predicted molar refractivity (Wildman–Crippen MR) is 49.1 cm³/mol. The molecule has 0 radical (unpaired) electrons. The van der Waals surface area contributed by atoms with E-state index < -0.39 is 0 Å². The molecule has 3 heteroatoms. The van der Waals surface area contributed by atoms with Gasteiger partial charge in [0.25, 0.3) is 0 Å². The maximum Gasteiger partial charge on any atom is 0.00997 e. The number of thioether (sulfide) groups is 1. The Balaban J connectivity index is 0.000000500. The minimum atomic E-state index is 0. The lowest BCUT2D eigenvalue weighted by Crippen LogP contribution is -2.35. The van der Waals surface area contributed by atoms with Gasteiger partial charge < -0.3 is 5.32 Å². The molecule has 2 heterocycles. The van der Waals surface area contributed by atoms with E-state index in [1.54, 1.807) is 0 Å². The van der Waals surface area contributed by atoms with Crippen molar-refractivity contribution >= 4 is 24.2 Å². The van der Waals surface area contributed by atoms with Gasteiger partial charge in [-0.3, -0.25) is 0 Å². The zero-order valence-electron chi connectivity index (χ0n) is 6.01. The molecule has 2 fully saturated rings. The lowest BCUT2D eigenvalue weighted by atomic mass is 9.97. The topological polar surface area (TPSA) is 12.0 Å². The van der Waals surface area contributed by atoms with E-state index >= 15 is 0 Å². The molecule has 0 aromatic carbocycles. The second kappa shape index (κ2) is 3.84. The largest absolute Gasteiger partial charge is 0.316 e. The van der Waals surface area contributed by atoms with Crippen LogP contribution in [0.15, 0.2) is 0 Å². The summed E-state index contributed by atoms with van der Waals surface area (Å²) in [5.74, 6) is 2.43. The van der Waals surface area contributed by atoms with Crippen molar-refractivity contribution in [1.29, 1.82) is 0 Å². The Kier molecular flexibility index (Phi) is 3.34. The van der Waals surface area contributed by atoms with Crippen LogP contribution >= 0.6 is 24.2 Å². The average molecular weight is 180 g/mol. The highest BCUT2D eigenvalue weighted by atomic mass is 35.5. The fourth-order valence-electron chi connectivity index (χ4n) is 1.78. The fourth-order valence-corrected chi connectivity index (χ4v) is 3.31. The number of halogens is 1. The fraction of sp³-hybridized carbons (Fsp3) is 1.00. The van der Waals surface area contributed by atoms with Crippen LogP contribution in [0.5, 0.6) is 0 Å². The summed E-state index contributed by atoms with van der Waals surface area (Å²) in [6, 6.07) is 0. The summed E-state index contributed by atoms with van der Waals surface area (Å²) in [5, 5.41) is 4.46. The van der Waals surface area contributed by atoms with Crippen molar-refractivity contribution in [1.82, 2.24) is 5.32 Å². The molecule has 0 aromatic heterocycles. The second-order valence-electron chi connectivity index (χ2n) is 2.95. The van der Waals surface area contributed by atoms with Crippen molar-refractivity contribution in [2.45, 2.75) is 18.1 Å². The van der Waals surface area contributed by atoms with Crippen molar-refractivity contribution < 1.29 is 0 Å². The van der Waals surface area contributed by atoms with Gasteiger partial charge in [-0.2, -0.15) is 11.8 Å². The molecule has 2 saturated heterocycles. The number of nitrogens with one attached hydrogen (secondary N) is 1. The highest BCUT2D eigenvalue weighted by Gasteiger charge is 2.29. The maximum atomic E-state index is 3.44. The van der Waals surface area contributed by atoms with E-state index in [2.05, 4.69) is 17.1 Å². The van der Waals surface area contributed by atoms with Gasteiger partial charge in [0.1, 0.15) is 0 Å². The van der Waals surface area contributed by atoms with Crippen LogP contribution in [0.4, 0.5) is 0 Å². The van der Waals surface area contributed by atoms with E-state index in [0.717, 1.165) is 11.2 Å². The third-order valence-corrected chi connectivity index (χ3v) is 3.88. The first-order valence-electron chi connectivity index (χ1n) is 3.79. The molecule has 0 bridgehead atoms. The van der Waals surface area contributed by atoms with Crippen LogP contribution in [0, 0.1) is 5.92 Å². The normalized spacial score (nSPS) is 38.4. The number of rotatable bonds is 0. The molecule has 10 heavy (non-hydrogen) atoms. The smallest absolute Gasteiger partial charge is 0.00997 e. The summed E-state index contributed by atoms with van der Waals surface area (Å²) in [4.78, 5) is 0. The highest BCUT2D eigenvalue weighted by molar-refractivity contribution is 8.00. The predicted octanol–water partition coefficient (Wildman–Crippen LogP) is 1.52. The van der Waals surface area contributed by atoms with Crippen LogP contribution < -0.4 is 5.32 Å². The van der Waals surface area contributed by atoms with E-state index in [1.165, 1.54) is 31.7 Å². The van der Waals surface area contributed by atoms with Crippen LogP contribution in [0.1, 0.15) is 12.8 Å². The maximum absolute atomic E-state index is 3.44. The summed E-state index contributed by atoms with van der Waals surface area (Å²) < 4.78 is 0. The quantitative estimate of drug-likeness (QED) is 0.606. The van der Waals surface area contributed by atoms with Gasteiger partial charge in [-0.25, -0.2) is 0 Å². The van der Waals surface area contributed by atoms with Gasteiger partial charge in [-0.05, 0) is 37.6 Å². The third kappa shape index (κ3) is 1.60. The lowest BCUT2D eigenvalue weighted by Gasteiger charge is -2.24. The van der Waals surface area contributed by atoms with Crippen molar-refractivity contribution in [3.63, 3.8) is 0 Å². The number of piperidine rings is 1. The first-order chi connectivity index (χ1) is 4.47. The Labute approximate surface area is 72.7 Å². The molecule has 2 aliphatic heterocycles. The van der Waals surface area contributed by atoms with Gasteiger partial charge in [0.05, 0.1) is 0 Å². The first kappa shape index (κ1) is 8.69. The Morgan fingerprint density at radius 2 is 2.20 bits per heavy atom. The monoisotopic (exact) mass is 179 g/mol. The lowest BCUT2D eigenvalue weighted by molar-refractivity contribution is 0.397. The second-order valence-corrected chi connectivity index (χ2v) is 4.30. The van der Waals surface area contributed by atoms with Gasteiger partial charge in [-0.1, -0.05) is 0 Å². The minimum absolute atomic E-state index is 0. The molecule has 2 aliphatic rings. The first-order valence-corrected chi connectivity index (χ1v) is 4.84. The Morgan fingerprint density at radius 1 is 1.30 bits per heavy atom. The van der Waals surface area contributed by atoms with Gasteiger partial charge in [0, 0.05) is 5.25 Å². The summed E-state index contributed by atoms with van der Waals surface area (Å²) in [5.41, 5.74) is 0. The van der Waals surface area contributed by atoms with E-state index in [4.69, 9.17) is 0 Å². The van der Waals surface area contributed by atoms with E-state index in [-0.39, 0.29) is 12.4 Å². The summed E-state index contributed by atoms with van der Waals surface area (Å²) in [6.07, 6.45) is 2.87. The zero-order chi connectivity index (χ0) is 6.10. The third-order valence-electron chi connectivity index (χ3n) is 2.36. The number of hydrogen-bond donors (Lipinski definition) is 1. The standard InChI is InChI=1S/C7H13NS.ClH/c1-3-8-5-6-2-4-9-7(1)6;/h6-8H,1-5H2;1H. The molecule has 2 atom stereocenters. The van der Waals surface area contributed by atoms with Crippen LogP contribution in [-0.4, -0.2) is 24.1 Å². The number of fused-ring (bicyclic) bond motifs is 1. The molecule has 1 N–H and O–H groups in total. The Morgan fingerprint density at radius 3 is 3.00 bits per heavy atom. The zero-order valence-corrected chi connectivity index (χ0v) is 7.64. The van der Waals surface area contributed by atoms with Crippen LogP contribution in [-0.2, 0) is 0 Å². The summed E-state index contributed by atoms with van der Waals surface area (Å²) in [6.45, 7) is 2.55. The van der Waals surface area contributed by atoms with Gasteiger partial charge in [0.15, 0.2) is 0 Å². The minimum Gasteiger partial charge on any atom is -0.316 e. The Bertz CT molecular complexity index is 97.8. The summed E-state index contributed by atoms with van der Waals surface area (Å²) in [7, 11) is 0. The molecule has 0 amide bonds. The highest BCUT2D eigenvalue weighted by Crippen LogP contribution is 2.35. The van der Waals surface area contributed by atoms with Crippen LogP contribution in [0.25, 0.3) is 0 Å². The SMILES string of the molecule is C1CC2SCCC2CN1.Cl. The van der Waals surface area contributed by atoms with Crippen LogP contribution in [0.2, 0.25) is 0 Å². The van der Waals surface area contributed by atoms with Gasteiger partial charge in [-0.15, -0.1) is 12.4 Å². The van der Waals surface area contributed by atoms with E-state index in [9.17, 15) is 0 Å². The van der Waals surface area contributed by atoms with Crippen molar-refractivity contribution in [3.05, 3.63) is 0 Å². The van der Waals surface area contributed by atoms with Crippen LogP contribution in [0.3, 0.4) is 0 Å². The van der Waals surface area contributed by atoms with Crippen molar-refractivity contribution in [2.24, 2.45) is 5.92 Å². The average Bonchev–Trinajstić information content (AvgIpc) is 2.33. The van der Waals surface area contributed by atoms with E-state index in [1.807, 2.05) is 0 Å². The number of hydrogen-bond acceptors (Lipinski definition) is 2. The molecule has 1 nitrogen and oxygen atoms in total. The molecule has 2 unspecified atom stereocenters. The molecule has 2 rings (SSSR count). The molecule has 0 aliphatic carbocycles. The van der Waals surface area contributed by atoms with Gasteiger partial charge in [0.2, 0.25) is 0 Å². The van der Waals surface area contributed by atoms with Crippen molar-refractivity contribution in [3.8, 4) is 0 Å². The molecule has 0 spiro atoms. The molecular weight excluding hydrogens is 166 g/mol. The Hall–Kier alpha value is 0.600. The summed E-state index contributed by atoms with van der Waals surface area (Å²) >= 11 is 2.19. The molecule has 0 saturated carbocycles. The molecule has 60 valence electrons. The van der Waals surface area contributed by atoms with Crippen molar-refractivity contribution in [2.75, 3.05) is 18.8 Å². The van der Waals surface area contributed by atoms with E-state index in [0.29, 0.717) is 0 Å². The molecular formula is C7H14ClNS. The van der Waals surface area contributed by atoms with Gasteiger partial charge >= 0.3 is 0 Å².